The van der Waals surface area contributed by atoms with Crippen molar-refractivity contribution in [2.24, 2.45) is 0 Å². The predicted octanol–water partition coefficient (Wildman–Crippen LogP) is 1.28. The Bertz CT molecular complexity index is 299. The molecule has 0 heterocycles. The van der Waals surface area contributed by atoms with Crippen molar-refractivity contribution in [3.63, 3.8) is 0 Å². The van der Waals surface area contributed by atoms with Crippen LogP contribution in [0.4, 0.5) is 0 Å². The zero-order valence-electron chi connectivity index (χ0n) is 8.31. The van der Waals surface area contributed by atoms with E-state index in [1.165, 1.54) is 7.11 Å². The molecule has 2 atom stereocenters. The Kier molecular flexibility index (Phi) is 2.94. The quantitative estimate of drug-likeness (QED) is 0.714. The number of aliphatic hydroxyl groups excluding tert-OH is 1. The van der Waals surface area contributed by atoms with Crippen LogP contribution in [0.15, 0.2) is 30.3 Å². The standard InChI is InChI=1S/C10H12O3/c1-13-10(12)7-9(11)8-5-3-2-4-6-8/h2-6,9,11H,7H2,1H3/t9-/m1/s1/i7D/t7-,9-. The molecule has 3 heteroatoms. The molecule has 0 radical (unpaired) electrons. The van der Waals surface area contributed by atoms with Gasteiger partial charge in [0.25, 0.3) is 0 Å². The number of rotatable bonds is 3. The summed E-state index contributed by atoms with van der Waals surface area (Å²) < 4.78 is 11.8. The topological polar surface area (TPSA) is 46.5 Å². The van der Waals surface area contributed by atoms with Crippen LogP contribution >= 0.6 is 0 Å². The molecule has 0 saturated carbocycles. The summed E-state index contributed by atoms with van der Waals surface area (Å²) in [7, 11) is 1.20. The van der Waals surface area contributed by atoms with E-state index in [9.17, 15) is 9.90 Å². The number of carbonyl (C=O) groups excluding carboxylic acids is 1. The zero-order valence-corrected chi connectivity index (χ0v) is 7.31. The van der Waals surface area contributed by atoms with Gasteiger partial charge in [-0.1, -0.05) is 30.3 Å². The van der Waals surface area contributed by atoms with E-state index < -0.39 is 18.5 Å². The number of benzene rings is 1. The van der Waals surface area contributed by atoms with Gasteiger partial charge in [0.15, 0.2) is 0 Å². The predicted molar refractivity (Wildman–Crippen MR) is 48.0 cm³/mol. The van der Waals surface area contributed by atoms with Gasteiger partial charge in [-0.25, -0.2) is 0 Å². The van der Waals surface area contributed by atoms with E-state index in [1.807, 2.05) is 0 Å². The van der Waals surface area contributed by atoms with Crippen molar-refractivity contribution in [3.05, 3.63) is 35.9 Å². The summed E-state index contributed by atoms with van der Waals surface area (Å²) in [5.74, 6) is -0.735. The fourth-order valence-electron chi connectivity index (χ4n) is 0.943. The summed E-state index contributed by atoms with van der Waals surface area (Å²) in [5, 5.41) is 9.60. The molecule has 0 aliphatic rings. The van der Waals surface area contributed by atoms with Crippen molar-refractivity contribution < 1.29 is 16.0 Å². The monoisotopic (exact) mass is 181 g/mol. The van der Waals surface area contributed by atoms with Crippen molar-refractivity contribution >= 4 is 5.97 Å². The normalized spacial score (nSPS) is 15.7. The van der Waals surface area contributed by atoms with Crippen LogP contribution in [-0.2, 0) is 9.53 Å². The molecule has 0 aromatic heterocycles. The highest BCUT2D eigenvalue weighted by atomic mass is 16.5. The number of methoxy groups -OCH3 is 1. The van der Waals surface area contributed by atoms with Gasteiger partial charge < -0.3 is 9.84 Å². The molecule has 70 valence electrons. The average Bonchev–Trinajstić information content (AvgIpc) is 2.27. The molecule has 0 spiro atoms. The Balaban J connectivity index is 2.75. The van der Waals surface area contributed by atoms with Crippen LogP contribution in [0.1, 0.15) is 19.4 Å². The smallest absolute Gasteiger partial charge is 0.308 e. The Labute approximate surface area is 78.4 Å². The summed E-state index contributed by atoms with van der Waals surface area (Å²) in [6.45, 7) is 0. The van der Waals surface area contributed by atoms with Gasteiger partial charge in [0.2, 0.25) is 0 Å². The lowest BCUT2D eigenvalue weighted by Gasteiger charge is -2.08. The van der Waals surface area contributed by atoms with E-state index in [1.54, 1.807) is 30.3 Å². The van der Waals surface area contributed by atoms with Gasteiger partial charge in [0.1, 0.15) is 0 Å². The molecule has 1 aromatic rings. The molecule has 0 amide bonds. The molecule has 0 aliphatic carbocycles. The average molecular weight is 181 g/mol. The van der Waals surface area contributed by atoms with Gasteiger partial charge in [0, 0.05) is 1.37 Å². The Hall–Kier alpha value is -1.35. The Morgan fingerprint density at radius 1 is 1.62 bits per heavy atom. The fraction of sp³-hybridized carbons (Fsp3) is 0.300. The Morgan fingerprint density at radius 3 is 2.77 bits per heavy atom. The summed E-state index contributed by atoms with van der Waals surface area (Å²) in [6, 6.07) is 8.60. The minimum Gasteiger partial charge on any atom is -0.469 e. The van der Waals surface area contributed by atoms with Crippen molar-refractivity contribution in [1.29, 1.82) is 0 Å². The number of carbonyl (C=O) groups is 1. The third-order valence-electron chi connectivity index (χ3n) is 1.64. The van der Waals surface area contributed by atoms with Crippen LogP contribution in [0.5, 0.6) is 0 Å². The van der Waals surface area contributed by atoms with Crippen LogP contribution in [0.25, 0.3) is 0 Å². The van der Waals surface area contributed by atoms with Crippen molar-refractivity contribution in [2.45, 2.75) is 12.5 Å². The number of esters is 1. The maximum absolute atomic E-state index is 11.0. The molecule has 1 rings (SSSR count). The number of hydrogen-bond donors (Lipinski definition) is 1. The number of aliphatic hydroxyl groups is 1. The van der Waals surface area contributed by atoms with Crippen LogP contribution in [-0.4, -0.2) is 18.2 Å². The second-order valence-corrected chi connectivity index (χ2v) is 2.55. The van der Waals surface area contributed by atoms with Crippen LogP contribution in [0.2, 0.25) is 0 Å². The number of hydrogen-bond acceptors (Lipinski definition) is 3. The highest BCUT2D eigenvalue weighted by Crippen LogP contribution is 2.15. The third kappa shape index (κ3) is 2.87. The van der Waals surface area contributed by atoms with E-state index in [0.717, 1.165) is 0 Å². The third-order valence-corrected chi connectivity index (χ3v) is 1.64. The molecular weight excluding hydrogens is 168 g/mol. The maximum atomic E-state index is 11.0. The zero-order chi connectivity index (χ0) is 10.6. The minimum atomic E-state index is -1.29. The summed E-state index contributed by atoms with van der Waals surface area (Å²) in [6.07, 6.45) is -2.42. The second-order valence-electron chi connectivity index (χ2n) is 2.55. The van der Waals surface area contributed by atoms with Crippen molar-refractivity contribution in [3.8, 4) is 0 Å². The molecule has 0 unspecified atom stereocenters. The van der Waals surface area contributed by atoms with Crippen LogP contribution in [0, 0.1) is 0 Å². The first-order valence-electron chi connectivity index (χ1n) is 4.47. The van der Waals surface area contributed by atoms with Crippen LogP contribution < -0.4 is 0 Å². The van der Waals surface area contributed by atoms with Crippen molar-refractivity contribution in [1.82, 2.24) is 0 Å². The highest BCUT2D eigenvalue weighted by Gasteiger charge is 2.11. The van der Waals surface area contributed by atoms with E-state index in [0.29, 0.717) is 5.56 Å². The minimum absolute atomic E-state index is 0.540. The largest absolute Gasteiger partial charge is 0.469 e. The molecule has 1 aromatic carbocycles. The summed E-state index contributed by atoms with van der Waals surface area (Å²) >= 11 is 0. The lowest BCUT2D eigenvalue weighted by atomic mass is 10.1. The molecule has 1 N–H and O–H groups in total. The first kappa shape index (κ1) is 8.26. The maximum Gasteiger partial charge on any atom is 0.308 e. The highest BCUT2D eigenvalue weighted by molar-refractivity contribution is 5.70. The second kappa shape index (κ2) is 4.62. The van der Waals surface area contributed by atoms with E-state index in [-0.39, 0.29) is 0 Å². The molecule has 0 saturated heterocycles. The van der Waals surface area contributed by atoms with Gasteiger partial charge in [-0.15, -0.1) is 0 Å². The van der Waals surface area contributed by atoms with Gasteiger partial charge >= 0.3 is 5.97 Å². The summed E-state index contributed by atoms with van der Waals surface area (Å²) in [5.41, 5.74) is 0.540. The van der Waals surface area contributed by atoms with E-state index in [4.69, 9.17) is 1.37 Å². The fourth-order valence-corrected chi connectivity index (χ4v) is 0.943. The Morgan fingerprint density at radius 2 is 2.23 bits per heavy atom. The molecule has 0 fully saturated rings. The SMILES string of the molecule is [2H][C@@H](C(=O)OC)[C@@H](O)c1ccccc1. The lowest BCUT2D eigenvalue weighted by Crippen LogP contribution is -2.07. The summed E-state index contributed by atoms with van der Waals surface area (Å²) in [4.78, 5) is 11.0. The van der Waals surface area contributed by atoms with E-state index in [2.05, 4.69) is 4.74 Å². The first-order valence-corrected chi connectivity index (χ1v) is 3.90. The van der Waals surface area contributed by atoms with Gasteiger partial charge in [0.05, 0.1) is 19.6 Å². The van der Waals surface area contributed by atoms with Crippen molar-refractivity contribution in [2.75, 3.05) is 7.11 Å². The number of ether oxygens (including phenoxy) is 1. The molecule has 3 nitrogen and oxygen atoms in total. The van der Waals surface area contributed by atoms with E-state index >= 15 is 0 Å². The lowest BCUT2D eigenvalue weighted by molar-refractivity contribution is -0.142. The molecule has 13 heavy (non-hydrogen) atoms. The van der Waals surface area contributed by atoms with Crippen LogP contribution in [0.3, 0.4) is 0 Å². The first-order chi connectivity index (χ1) is 6.66. The van der Waals surface area contributed by atoms with Gasteiger partial charge in [-0.2, -0.15) is 0 Å². The molecule has 0 aliphatic heterocycles. The molecular formula is C10H12O3. The van der Waals surface area contributed by atoms with Gasteiger partial charge in [-0.05, 0) is 5.56 Å². The molecule has 0 bridgehead atoms. The van der Waals surface area contributed by atoms with Gasteiger partial charge in [-0.3, -0.25) is 4.79 Å².